The number of likely N-dealkylation sites (tertiary alicyclic amines) is 1. The van der Waals surface area contributed by atoms with Crippen LogP contribution in [0.15, 0.2) is 18.2 Å². The smallest absolute Gasteiger partial charge is 0.249 e. The maximum absolute atomic E-state index is 12.8. The number of methoxy groups -OCH3 is 2. The van der Waals surface area contributed by atoms with Crippen LogP contribution < -0.4 is 9.47 Å². The Bertz CT molecular complexity index is 642. The fraction of sp³-hybridized carbons (Fsp3) is 0.556. The topological polar surface area (TPSA) is 68.3 Å². The number of nitrogens with zero attached hydrogens (tertiary/aromatic N) is 2. The van der Waals surface area contributed by atoms with Gasteiger partial charge in [-0.05, 0) is 25.0 Å². The Labute approximate surface area is 147 Å². The lowest BCUT2D eigenvalue weighted by Gasteiger charge is -2.36. The number of hydrogen-bond acceptors (Lipinski definition) is 5. The van der Waals surface area contributed by atoms with Crippen molar-refractivity contribution < 1.29 is 23.8 Å². The lowest BCUT2D eigenvalue weighted by atomic mass is 10.1. The zero-order valence-electron chi connectivity index (χ0n) is 14.7. The standard InChI is InChI=1S/C18H24N2O5/c1-23-14-6-5-13(16(9-14)24-2)10-20-15(11-25-12-17(20)21)18(22)19-7-3-4-8-19/h5-6,9,15H,3-4,7-8,10-12H2,1-2H3/t15-/m0/s1. The summed E-state index contributed by atoms with van der Waals surface area (Å²) in [5.74, 6) is 1.10. The molecule has 2 amide bonds. The molecule has 0 saturated carbocycles. The summed E-state index contributed by atoms with van der Waals surface area (Å²) in [4.78, 5) is 28.6. The van der Waals surface area contributed by atoms with Gasteiger partial charge in [0, 0.05) is 24.7 Å². The summed E-state index contributed by atoms with van der Waals surface area (Å²) in [5.41, 5.74) is 0.831. The molecule has 0 aromatic heterocycles. The number of hydrogen-bond donors (Lipinski definition) is 0. The molecule has 2 aliphatic rings. The molecule has 0 radical (unpaired) electrons. The highest BCUT2D eigenvalue weighted by molar-refractivity contribution is 5.89. The van der Waals surface area contributed by atoms with E-state index < -0.39 is 6.04 Å². The fourth-order valence-electron chi connectivity index (χ4n) is 3.32. The predicted octanol–water partition coefficient (Wildman–Crippen LogP) is 1.05. The molecule has 136 valence electrons. The van der Waals surface area contributed by atoms with Crippen LogP contribution in [0, 0.1) is 0 Å². The summed E-state index contributed by atoms with van der Waals surface area (Å²) >= 11 is 0. The SMILES string of the molecule is COc1ccc(CN2C(=O)COC[C@H]2C(=O)N2CCCC2)c(OC)c1. The van der Waals surface area contributed by atoms with E-state index in [2.05, 4.69) is 0 Å². The summed E-state index contributed by atoms with van der Waals surface area (Å²) in [6, 6.07) is 4.88. The third-order valence-electron chi connectivity index (χ3n) is 4.74. The molecule has 2 saturated heterocycles. The van der Waals surface area contributed by atoms with Gasteiger partial charge < -0.3 is 24.0 Å². The molecule has 7 heteroatoms. The van der Waals surface area contributed by atoms with Gasteiger partial charge in [-0.2, -0.15) is 0 Å². The third-order valence-corrected chi connectivity index (χ3v) is 4.74. The van der Waals surface area contributed by atoms with Gasteiger partial charge in [-0.15, -0.1) is 0 Å². The second-order valence-corrected chi connectivity index (χ2v) is 6.26. The molecule has 0 unspecified atom stereocenters. The summed E-state index contributed by atoms with van der Waals surface area (Å²) in [7, 11) is 3.16. The fourth-order valence-corrected chi connectivity index (χ4v) is 3.32. The summed E-state index contributed by atoms with van der Waals surface area (Å²) in [6.07, 6.45) is 2.03. The maximum atomic E-state index is 12.8. The predicted molar refractivity (Wildman–Crippen MR) is 90.5 cm³/mol. The van der Waals surface area contributed by atoms with E-state index in [9.17, 15) is 9.59 Å². The van der Waals surface area contributed by atoms with Crippen LogP contribution in [0.5, 0.6) is 11.5 Å². The first kappa shape index (κ1) is 17.5. The van der Waals surface area contributed by atoms with E-state index in [1.54, 1.807) is 25.2 Å². The van der Waals surface area contributed by atoms with Crippen LogP contribution in [0.25, 0.3) is 0 Å². The van der Waals surface area contributed by atoms with Crippen molar-refractivity contribution in [3.8, 4) is 11.5 Å². The van der Waals surface area contributed by atoms with Gasteiger partial charge in [-0.25, -0.2) is 0 Å². The van der Waals surface area contributed by atoms with Crippen LogP contribution in [0.1, 0.15) is 18.4 Å². The Hall–Kier alpha value is -2.28. The van der Waals surface area contributed by atoms with Gasteiger partial charge in [0.15, 0.2) is 0 Å². The minimum absolute atomic E-state index is 0.00223. The van der Waals surface area contributed by atoms with Crippen molar-refractivity contribution >= 4 is 11.8 Å². The van der Waals surface area contributed by atoms with Crippen LogP contribution in [0.3, 0.4) is 0 Å². The van der Waals surface area contributed by atoms with Gasteiger partial charge in [0.25, 0.3) is 0 Å². The van der Waals surface area contributed by atoms with Gasteiger partial charge in [-0.3, -0.25) is 9.59 Å². The molecular weight excluding hydrogens is 324 g/mol. The molecule has 2 heterocycles. The molecule has 25 heavy (non-hydrogen) atoms. The van der Waals surface area contributed by atoms with Gasteiger partial charge in [-0.1, -0.05) is 0 Å². The normalized spacial score (nSPS) is 20.7. The number of carbonyl (C=O) groups is 2. The maximum Gasteiger partial charge on any atom is 0.249 e. The monoisotopic (exact) mass is 348 g/mol. The van der Waals surface area contributed by atoms with Crippen LogP contribution in [-0.2, 0) is 20.9 Å². The highest BCUT2D eigenvalue weighted by Gasteiger charge is 2.37. The molecule has 1 aromatic carbocycles. The molecular formula is C18H24N2O5. The number of carbonyl (C=O) groups excluding carboxylic acids is 2. The lowest BCUT2D eigenvalue weighted by molar-refractivity contribution is -0.159. The number of rotatable bonds is 5. The van der Waals surface area contributed by atoms with Crippen molar-refractivity contribution in [1.29, 1.82) is 0 Å². The van der Waals surface area contributed by atoms with Gasteiger partial charge in [0.05, 0.1) is 27.4 Å². The van der Waals surface area contributed by atoms with Crippen LogP contribution in [0.2, 0.25) is 0 Å². The number of ether oxygens (including phenoxy) is 3. The van der Waals surface area contributed by atoms with Crippen LogP contribution >= 0.6 is 0 Å². The Kier molecular flexibility index (Phi) is 5.43. The highest BCUT2D eigenvalue weighted by atomic mass is 16.5. The molecule has 2 fully saturated rings. The van der Waals surface area contributed by atoms with E-state index in [1.807, 2.05) is 17.0 Å². The van der Waals surface area contributed by atoms with E-state index in [4.69, 9.17) is 14.2 Å². The second-order valence-electron chi connectivity index (χ2n) is 6.26. The quantitative estimate of drug-likeness (QED) is 0.796. The molecule has 1 atom stereocenters. The Balaban J connectivity index is 1.82. The average molecular weight is 348 g/mol. The molecule has 7 nitrogen and oxygen atoms in total. The number of morpholine rings is 1. The van der Waals surface area contributed by atoms with E-state index in [0.717, 1.165) is 31.5 Å². The van der Waals surface area contributed by atoms with Crippen molar-refractivity contribution in [2.24, 2.45) is 0 Å². The number of amides is 2. The van der Waals surface area contributed by atoms with Crippen LogP contribution in [0.4, 0.5) is 0 Å². The third kappa shape index (κ3) is 3.71. The Morgan fingerprint density at radius 3 is 2.68 bits per heavy atom. The minimum atomic E-state index is -0.578. The van der Waals surface area contributed by atoms with Crippen molar-refractivity contribution in [2.75, 3.05) is 40.5 Å². The van der Waals surface area contributed by atoms with E-state index >= 15 is 0 Å². The molecule has 2 aliphatic heterocycles. The largest absolute Gasteiger partial charge is 0.497 e. The minimum Gasteiger partial charge on any atom is -0.497 e. The molecule has 0 aliphatic carbocycles. The van der Waals surface area contributed by atoms with E-state index in [0.29, 0.717) is 18.0 Å². The second kappa shape index (κ2) is 7.74. The summed E-state index contributed by atoms with van der Waals surface area (Å²) in [6.45, 7) is 2.05. The van der Waals surface area contributed by atoms with Crippen molar-refractivity contribution in [3.63, 3.8) is 0 Å². The first-order chi connectivity index (χ1) is 12.1. The molecule has 3 rings (SSSR count). The summed E-state index contributed by atoms with van der Waals surface area (Å²) in [5, 5.41) is 0. The average Bonchev–Trinajstić information content (AvgIpc) is 3.17. The van der Waals surface area contributed by atoms with Crippen molar-refractivity contribution in [2.45, 2.75) is 25.4 Å². The van der Waals surface area contributed by atoms with Crippen molar-refractivity contribution in [1.82, 2.24) is 9.80 Å². The number of benzene rings is 1. The molecule has 0 bridgehead atoms. The van der Waals surface area contributed by atoms with E-state index in [1.165, 1.54) is 0 Å². The Morgan fingerprint density at radius 2 is 2.00 bits per heavy atom. The van der Waals surface area contributed by atoms with Gasteiger partial charge in [0.1, 0.15) is 24.1 Å². The molecule has 1 aromatic rings. The first-order valence-corrected chi connectivity index (χ1v) is 8.51. The molecule has 0 spiro atoms. The molecule has 0 N–H and O–H groups in total. The first-order valence-electron chi connectivity index (χ1n) is 8.51. The lowest BCUT2D eigenvalue weighted by Crippen LogP contribution is -2.56. The summed E-state index contributed by atoms with van der Waals surface area (Å²) < 4.78 is 16.0. The zero-order valence-corrected chi connectivity index (χ0v) is 14.7. The van der Waals surface area contributed by atoms with Gasteiger partial charge >= 0.3 is 0 Å². The van der Waals surface area contributed by atoms with Gasteiger partial charge in [0.2, 0.25) is 11.8 Å². The highest BCUT2D eigenvalue weighted by Crippen LogP contribution is 2.27. The zero-order chi connectivity index (χ0) is 17.8. The van der Waals surface area contributed by atoms with Crippen LogP contribution in [-0.4, -0.2) is 68.2 Å². The van der Waals surface area contributed by atoms with Crippen molar-refractivity contribution in [3.05, 3.63) is 23.8 Å². The van der Waals surface area contributed by atoms with E-state index in [-0.39, 0.29) is 25.0 Å². The Morgan fingerprint density at radius 1 is 1.24 bits per heavy atom.